The molecule has 0 aliphatic carbocycles. The third-order valence-corrected chi connectivity index (χ3v) is 4.03. The van der Waals surface area contributed by atoms with E-state index in [9.17, 15) is 30.9 Å². The van der Waals surface area contributed by atoms with E-state index in [2.05, 4.69) is 9.72 Å². The zero-order valence-corrected chi connectivity index (χ0v) is 13.3. The summed E-state index contributed by atoms with van der Waals surface area (Å²) in [5.74, 6) is -0.708. The molecule has 2 rings (SSSR count). The molecule has 0 aliphatic rings. The number of ether oxygens (including phenoxy) is 1. The fourth-order valence-corrected chi connectivity index (χ4v) is 2.87. The van der Waals surface area contributed by atoms with Crippen molar-refractivity contribution in [1.82, 2.24) is 9.55 Å². The Kier molecular flexibility index (Phi) is 5.19. The van der Waals surface area contributed by atoms with Gasteiger partial charge in [-0.2, -0.15) is 4.98 Å². The van der Waals surface area contributed by atoms with Crippen molar-refractivity contribution in [3.05, 3.63) is 34.7 Å². The molecule has 0 fully saturated rings. The number of hydrogen-bond acceptors (Lipinski definition) is 3. The smallest absolute Gasteiger partial charge is 0.579 e. The summed E-state index contributed by atoms with van der Waals surface area (Å²) in [6, 6.07) is 1.55. The van der Waals surface area contributed by atoms with E-state index in [0.717, 1.165) is 29.2 Å². The first-order valence-corrected chi connectivity index (χ1v) is 7.57. The minimum atomic E-state index is -5.02. The molecular formula is C11H4Cl2F6N2O2S. The van der Waals surface area contributed by atoms with Gasteiger partial charge in [-0.15, -0.1) is 26.3 Å². The number of nitrogens with zero attached hydrogens (tertiary/aromatic N) is 2. The van der Waals surface area contributed by atoms with E-state index in [1.54, 1.807) is 0 Å². The van der Waals surface area contributed by atoms with Crippen LogP contribution in [0.25, 0.3) is 5.69 Å². The van der Waals surface area contributed by atoms with E-state index in [4.69, 9.17) is 23.2 Å². The first-order chi connectivity index (χ1) is 10.9. The van der Waals surface area contributed by atoms with Gasteiger partial charge in [0.1, 0.15) is 23.3 Å². The van der Waals surface area contributed by atoms with Gasteiger partial charge in [0.05, 0.1) is 21.9 Å². The normalized spacial score (nSPS) is 13.9. The highest BCUT2D eigenvalue weighted by Crippen LogP contribution is 2.36. The van der Waals surface area contributed by atoms with Crippen LogP contribution in [-0.2, 0) is 11.2 Å². The Labute approximate surface area is 143 Å². The van der Waals surface area contributed by atoms with Gasteiger partial charge in [0, 0.05) is 12.1 Å². The molecule has 0 saturated carbocycles. The lowest BCUT2D eigenvalue weighted by atomic mass is 10.3. The first kappa shape index (κ1) is 19.0. The lowest BCUT2D eigenvalue weighted by molar-refractivity contribution is -0.274. The summed E-state index contributed by atoms with van der Waals surface area (Å²) < 4.78 is 89.4. The highest BCUT2D eigenvalue weighted by molar-refractivity contribution is 7.92. The summed E-state index contributed by atoms with van der Waals surface area (Å²) in [5, 5.41) is -1.50. The number of hydrogen-bond donors (Lipinski definition) is 0. The Hall–Kier alpha value is -1.30. The van der Waals surface area contributed by atoms with E-state index in [0.29, 0.717) is 0 Å². The van der Waals surface area contributed by atoms with Gasteiger partial charge in [-0.05, 0) is 0 Å². The largest absolute Gasteiger partial charge is 0.603 e. The number of rotatable bonds is 3. The zero-order chi connectivity index (χ0) is 18.3. The van der Waals surface area contributed by atoms with Gasteiger partial charge in [0.25, 0.3) is 5.03 Å². The van der Waals surface area contributed by atoms with Gasteiger partial charge in [0.15, 0.2) is 0 Å². The maximum Gasteiger partial charge on any atom is 0.579 e. The summed E-state index contributed by atoms with van der Waals surface area (Å²) in [7, 11) is 0. The van der Waals surface area contributed by atoms with Crippen molar-refractivity contribution in [3.63, 3.8) is 0 Å². The monoisotopic (exact) mass is 412 g/mol. The molecule has 1 heterocycles. The molecule has 1 aromatic carbocycles. The minimum Gasteiger partial charge on any atom is -0.603 e. The van der Waals surface area contributed by atoms with E-state index >= 15 is 0 Å². The maximum absolute atomic E-state index is 12.4. The number of aromatic nitrogens is 2. The molecule has 0 aliphatic heterocycles. The predicted molar refractivity (Wildman–Crippen MR) is 72.7 cm³/mol. The van der Waals surface area contributed by atoms with Gasteiger partial charge >= 0.3 is 11.9 Å². The van der Waals surface area contributed by atoms with Gasteiger partial charge < -0.3 is 9.29 Å². The standard InChI is InChI=1S/C11H4Cl2F6N2O2S/c12-6-1-5(23-10(14,15)16)2-7(13)9(6)21-3-8(20-4-21)24(22)11(17,18)19/h1-4H. The lowest BCUT2D eigenvalue weighted by Crippen LogP contribution is -2.23. The third-order valence-electron chi connectivity index (χ3n) is 2.44. The SMILES string of the molecule is [O-][S+](c1cn(-c2c(Cl)cc(OC(F)(F)F)cc2Cl)cn1)C(F)(F)F. The van der Waals surface area contributed by atoms with Crippen molar-refractivity contribution in [2.24, 2.45) is 0 Å². The van der Waals surface area contributed by atoms with Crippen LogP contribution in [0, 0.1) is 0 Å². The van der Waals surface area contributed by atoms with Gasteiger partial charge in [-0.25, -0.2) is 0 Å². The second-order valence-corrected chi connectivity index (χ2v) is 6.35. The van der Waals surface area contributed by atoms with Crippen LogP contribution < -0.4 is 4.74 Å². The highest BCUT2D eigenvalue weighted by Gasteiger charge is 2.47. The van der Waals surface area contributed by atoms with Crippen LogP contribution in [0.15, 0.2) is 29.7 Å². The molecule has 1 unspecified atom stereocenters. The van der Waals surface area contributed by atoms with Crippen molar-refractivity contribution in [2.45, 2.75) is 16.9 Å². The Morgan fingerprint density at radius 1 is 1.08 bits per heavy atom. The van der Waals surface area contributed by atoms with Crippen molar-refractivity contribution in [1.29, 1.82) is 0 Å². The molecule has 24 heavy (non-hydrogen) atoms. The summed E-state index contributed by atoms with van der Waals surface area (Å²) in [4.78, 5) is 3.34. The average molecular weight is 413 g/mol. The van der Waals surface area contributed by atoms with E-state index in [1.807, 2.05) is 0 Å². The van der Waals surface area contributed by atoms with Crippen molar-refractivity contribution >= 4 is 34.4 Å². The Morgan fingerprint density at radius 2 is 1.62 bits per heavy atom. The van der Waals surface area contributed by atoms with Crippen LogP contribution in [0.1, 0.15) is 0 Å². The number of imidazole rings is 1. The Balaban J connectivity index is 2.38. The topological polar surface area (TPSA) is 50.1 Å². The molecule has 1 aromatic heterocycles. The molecular weight excluding hydrogens is 409 g/mol. The molecule has 4 nitrogen and oxygen atoms in total. The Bertz CT molecular complexity index is 726. The van der Waals surface area contributed by atoms with Crippen molar-refractivity contribution in [3.8, 4) is 11.4 Å². The third kappa shape index (κ3) is 4.41. The zero-order valence-electron chi connectivity index (χ0n) is 11.0. The van der Waals surface area contributed by atoms with Crippen LogP contribution in [0.4, 0.5) is 26.3 Å². The number of benzene rings is 1. The fraction of sp³-hybridized carbons (Fsp3) is 0.182. The molecule has 132 valence electrons. The molecule has 0 N–H and O–H groups in total. The van der Waals surface area contributed by atoms with Crippen LogP contribution in [-0.4, -0.2) is 26.0 Å². The minimum absolute atomic E-state index is 0.147. The second kappa shape index (κ2) is 6.54. The van der Waals surface area contributed by atoms with Crippen LogP contribution in [0.5, 0.6) is 5.75 Å². The number of alkyl halides is 6. The maximum atomic E-state index is 12.4. The summed E-state index contributed by atoms with van der Waals surface area (Å²) in [6.07, 6.45) is -3.38. The van der Waals surface area contributed by atoms with Gasteiger partial charge in [0.2, 0.25) is 0 Å². The van der Waals surface area contributed by atoms with E-state index in [1.165, 1.54) is 0 Å². The average Bonchev–Trinajstić information content (AvgIpc) is 2.82. The van der Waals surface area contributed by atoms with Gasteiger partial charge in [-0.3, -0.25) is 4.57 Å². The molecule has 2 aromatic rings. The highest BCUT2D eigenvalue weighted by atomic mass is 35.5. The molecule has 0 amide bonds. The number of halogens is 8. The summed E-state index contributed by atoms with van der Waals surface area (Å²) >= 11 is 8.22. The molecule has 1 atom stereocenters. The molecule has 0 saturated heterocycles. The van der Waals surface area contributed by atoms with Crippen LogP contribution in [0.3, 0.4) is 0 Å². The first-order valence-electron chi connectivity index (χ1n) is 5.66. The predicted octanol–water partition coefficient (Wildman–Crippen LogP) is 4.71. The lowest BCUT2D eigenvalue weighted by Gasteiger charge is -2.13. The molecule has 13 heteroatoms. The fourth-order valence-electron chi connectivity index (χ4n) is 1.62. The van der Waals surface area contributed by atoms with Crippen LogP contribution in [0.2, 0.25) is 10.0 Å². The van der Waals surface area contributed by atoms with E-state index in [-0.39, 0.29) is 15.7 Å². The molecule has 0 bridgehead atoms. The quantitative estimate of drug-likeness (QED) is 0.542. The van der Waals surface area contributed by atoms with Crippen molar-refractivity contribution in [2.75, 3.05) is 0 Å². The summed E-state index contributed by atoms with van der Waals surface area (Å²) in [5.41, 5.74) is -5.16. The van der Waals surface area contributed by atoms with Crippen molar-refractivity contribution < 1.29 is 35.6 Å². The molecule has 0 radical (unpaired) electrons. The van der Waals surface area contributed by atoms with Crippen LogP contribution >= 0.6 is 23.2 Å². The van der Waals surface area contributed by atoms with E-state index < -0.39 is 33.8 Å². The van der Waals surface area contributed by atoms with Gasteiger partial charge in [-0.1, -0.05) is 23.2 Å². The second-order valence-electron chi connectivity index (χ2n) is 4.12. The Morgan fingerprint density at radius 3 is 2.08 bits per heavy atom. The summed E-state index contributed by atoms with van der Waals surface area (Å²) in [6.45, 7) is 0. The molecule has 0 spiro atoms.